The van der Waals surface area contributed by atoms with Crippen molar-refractivity contribution < 1.29 is 4.74 Å². The first-order chi connectivity index (χ1) is 6.67. The summed E-state index contributed by atoms with van der Waals surface area (Å²) in [7, 11) is 1.55. The van der Waals surface area contributed by atoms with Crippen LogP contribution in [0.3, 0.4) is 0 Å². The fourth-order valence-corrected chi connectivity index (χ4v) is 1.03. The summed E-state index contributed by atoms with van der Waals surface area (Å²) in [5.74, 6) is 1.11. The van der Waals surface area contributed by atoms with Crippen LogP contribution in [0.4, 0.5) is 5.69 Å². The zero-order chi connectivity index (χ0) is 10.6. The molecule has 1 heterocycles. The lowest BCUT2D eigenvalue weighted by Crippen LogP contribution is -2.08. The number of hydrogen-bond acceptors (Lipinski definition) is 3. The molecule has 76 valence electrons. The van der Waals surface area contributed by atoms with E-state index in [9.17, 15) is 0 Å². The summed E-state index contributed by atoms with van der Waals surface area (Å²) in [5.41, 5.74) is 6.19. The molecule has 0 saturated carbocycles. The van der Waals surface area contributed by atoms with Crippen LogP contribution in [-0.2, 0) is 0 Å². The average molecular weight is 214 g/mol. The van der Waals surface area contributed by atoms with E-state index in [4.69, 9.17) is 22.1 Å². The molecule has 1 aromatic heterocycles. The fourth-order valence-electron chi connectivity index (χ4n) is 0.887. The predicted molar refractivity (Wildman–Crippen MR) is 57.4 cm³/mol. The first-order valence-electron chi connectivity index (χ1n) is 4.20. The molecule has 0 unspecified atom stereocenters. The Bertz CT molecular complexity index is 352. The number of rotatable bonds is 3. The van der Waals surface area contributed by atoms with Gasteiger partial charge in [-0.25, -0.2) is 9.98 Å². The second-order valence-electron chi connectivity index (χ2n) is 2.64. The molecular formula is C9H12ClN3O. The number of halogens is 1. The Hall–Kier alpha value is -1.29. The van der Waals surface area contributed by atoms with Gasteiger partial charge in [0, 0.05) is 12.5 Å². The number of amidine groups is 1. The number of hydrogen-bond donors (Lipinski definition) is 1. The van der Waals surface area contributed by atoms with Gasteiger partial charge in [0.2, 0.25) is 0 Å². The molecule has 0 aliphatic rings. The molecular weight excluding hydrogens is 202 g/mol. The highest BCUT2D eigenvalue weighted by atomic mass is 35.5. The van der Waals surface area contributed by atoms with Crippen molar-refractivity contribution in [1.29, 1.82) is 0 Å². The third-order valence-corrected chi connectivity index (χ3v) is 1.87. The predicted octanol–water partition coefficient (Wildman–Crippen LogP) is 2.14. The van der Waals surface area contributed by atoms with E-state index in [1.54, 1.807) is 13.2 Å². The van der Waals surface area contributed by atoms with E-state index in [2.05, 4.69) is 9.98 Å². The topological polar surface area (TPSA) is 60.5 Å². The van der Waals surface area contributed by atoms with Gasteiger partial charge in [-0.05, 0) is 0 Å². The summed E-state index contributed by atoms with van der Waals surface area (Å²) in [6.07, 6.45) is 2.22. The summed E-state index contributed by atoms with van der Waals surface area (Å²) >= 11 is 5.70. The third-order valence-electron chi connectivity index (χ3n) is 1.66. The van der Waals surface area contributed by atoms with Gasteiger partial charge in [-0.15, -0.1) is 0 Å². The van der Waals surface area contributed by atoms with Crippen molar-refractivity contribution in [2.24, 2.45) is 10.7 Å². The summed E-state index contributed by atoms with van der Waals surface area (Å²) in [5, 5.41) is 0.371. The molecule has 0 radical (unpaired) electrons. The SMILES string of the molecule is CCC(N)=Nc1cnc(Cl)cc1OC. The molecule has 0 aliphatic carbocycles. The number of pyridine rings is 1. The number of aliphatic imine (C=N–C) groups is 1. The van der Waals surface area contributed by atoms with Crippen LogP contribution in [-0.4, -0.2) is 17.9 Å². The summed E-state index contributed by atoms with van der Waals surface area (Å²) < 4.78 is 5.08. The van der Waals surface area contributed by atoms with Crippen molar-refractivity contribution in [3.8, 4) is 5.75 Å². The average Bonchev–Trinajstić information content (AvgIpc) is 2.20. The first-order valence-corrected chi connectivity index (χ1v) is 4.57. The Kier molecular flexibility index (Phi) is 3.71. The number of aromatic nitrogens is 1. The van der Waals surface area contributed by atoms with Gasteiger partial charge in [-0.1, -0.05) is 18.5 Å². The summed E-state index contributed by atoms with van der Waals surface area (Å²) in [6.45, 7) is 1.93. The maximum atomic E-state index is 5.70. The molecule has 0 saturated heterocycles. The third kappa shape index (κ3) is 2.60. The largest absolute Gasteiger partial charge is 0.494 e. The minimum absolute atomic E-state index is 0.371. The lowest BCUT2D eigenvalue weighted by atomic mass is 10.3. The lowest BCUT2D eigenvalue weighted by Gasteiger charge is -2.04. The summed E-state index contributed by atoms with van der Waals surface area (Å²) in [4.78, 5) is 8.04. The van der Waals surface area contributed by atoms with E-state index in [0.29, 0.717) is 28.8 Å². The molecule has 0 atom stereocenters. The summed E-state index contributed by atoms with van der Waals surface area (Å²) in [6, 6.07) is 1.60. The van der Waals surface area contributed by atoms with Crippen LogP contribution in [0.25, 0.3) is 0 Å². The van der Waals surface area contributed by atoms with Crippen LogP contribution in [0.1, 0.15) is 13.3 Å². The monoisotopic (exact) mass is 213 g/mol. The zero-order valence-electron chi connectivity index (χ0n) is 8.12. The van der Waals surface area contributed by atoms with E-state index in [1.807, 2.05) is 6.92 Å². The molecule has 0 fully saturated rings. The van der Waals surface area contributed by atoms with Crippen molar-refractivity contribution in [3.05, 3.63) is 17.4 Å². The minimum Gasteiger partial charge on any atom is -0.494 e. The van der Waals surface area contributed by atoms with E-state index in [-0.39, 0.29) is 0 Å². The van der Waals surface area contributed by atoms with Gasteiger partial charge in [0.15, 0.2) is 0 Å². The second-order valence-corrected chi connectivity index (χ2v) is 3.02. The smallest absolute Gasteiger partial charge is 0.149 e. The standard InChI is InChI=1S/C9H12ClN3O/c1-3-9(11)13-6-5-12-8(10)4-7(6)14-2/h4-5H,3H2,1-2H3,(H2,11,13). The molecule has 0 aromatic carbocycles. The first kappa shape index (κ1) is 10.8. The van der Waals surface area contributed by atoms with Gasteiger partial charge in [0.1, 0.15) is 16.6 Å². The van der Waals surface area contributed by atoms with E-state index in [0.717, 1.165) is 0 Å². The van der Waals surface area contributed by atoms with Crippen molar-refractivity contribution in [2.45, 2.75) is 13.3 Å². The van der Waals surface area contributed by atoms with Crippen LogP contribution in [0.15, 0.2) is 17.3 Å². The van der Waals surface area contributed by atoms with E-state index < -0.39 is 0 Å². The minimum atomic E-state index is 0.371. The van der Waals surface area contributed by atoms with E-state index >= 15 is 0 Å². The zero-order valence-corrected chi connectivity index (χ0v) is 8.88. The molecule has 0 spiro atoms. The van der Waals surface area contributed by atoms with Gasteiger partial charge in [0.25, 0.3) is 0 Å². The lowest BCUT2D eigenvalue weighted by molar-refractivity contribution is 0.415. The molecule has 0 amide bonds. The molecule has 4 nitrogen and oxygen atoms in total. The van der Waals surface area contributed by atoms with Crippen LogP contribution < -0.4 is 10.5 Å². The van der Waals surface area contributed by atoms with Crippen LogP contribution >= 0.6 is 11.6 Å². The highest BCUT2D eigenvalue weighted by Crippen LogP contribution is 2.28. The van der Waals surface area contributed by atoms with Crippen LogP contribution in [0.5, 0.6) is 5.75 Å². The molecule has 1 aromatic rings. The Balaban J connectivity index is 3.08. The van der Waals surface area contributed by atoms with Gasteiger partial charge in [0.05, 0.1) is 19.1 Å². The van der Waals surface area contributed by atoms with Gasteiger partial charge < -0.3 is 10.5 Å². The van der Waals surface area contributed by atoms with Crippen molar-refractivity contribution in [3.63, 3.8) is 0 Å². The molecule has 14 heavy (non-hydrogen) atoms. The maximum Gasteiger partial charge on any atom is 0.149 e. The Morgan fingerprint density at radius 3 is 3.00 bits per heavy atom. The second kappa shape index (κ2) is 4.81. The van der Waals surface area contributed by atoms with Crippen LogP contribution in [0, 0.1) is 0 Å². The van der Waals surface area contributed by atoms with Gasteiger partial charge in [-0.3, -0.25) is 0 Å². The molecule has 1 rings (SSSR count). The Labute approximate surface area is 87.8 Å². The quantitative estimate of drug-likeness (QED) is 0.476. The number of methoxy groups -OCH3 is 1. The maximum absolute atomic E-state index is 5.70. The number of nitrogens with two attached hydrogens (primary N) is 1. The molecule has 0 bridgehead atoms. The molecule has 5 heteroatoms. The number of ether oxygens (including phenoxy) is 1. The van der Waals surface area contributed by atoms with Crippen LogP contribution in [0.2, 0.25) is 5.15 Å². The van der Waals surface area contributed by atoms with E-state index in [1.165, 1.54) is 6.20 Å². The highest BCUT2D eigenvalue weighted by Gasteiger charge is 2.03. The van der Waals surface area contributed by atoms with Crippen molar-refractivity contribution in [2.75, 3.05) is 7.11 Å². The van der Waals surface area contributed by atoms with Gasteiger partial charge >= 0.3 is 0 Å². The van der Waals surface area contributed by atoms with Crippen molar-refractivity contribution in [1.82, 2.24) is 4.98 Å². The van der Waals surface area contributed by atoms with Crippen molar-refractivity contribution >= 4 is 23.1 Å². The highest BCUT2D eigenvalue weighted by molar-refractivity contribution is 6.29. The normalized spacial score (nSPS) is 11.5. The Morgan fingerprint density at radius 1 is 1.71 bits per heavy atom. The molecule has 0 aliphatic heterocycles. The fraction of sp³-hybridized carbons (Fsp3) is 0.333. The number of nitrogens with zero attached hydrogens (tertiary/aromatic N) is 2. The Morgan fingerprint density at radius 2 is 2.43 bits per heavy atom. The molecule has 2 N–H and O–H groups in total. The van der Waals surface area contributed by atoms with Gasteiger partial charge in [-0.2, -0.15) is 0 Å².